The zero-order valence-corrected chi connectivity index (χ0v) is 14.8. The molecule has 1 aromatic heterocycles. The summed E-state index contributed by atoms with van der Waals surface area (Å²) in [7, 11) is 0. The minimum atomic E-state index is -0.279. The first kappa shape index (κ1) is 16.8. The molecule has 0 aliphatic heterocycles. The Labute approximate surface area is 153 Å². The Kier molecular flexibility index (Phi) is 4.70. The lowest BCUT2D eigenvalue weighted by Gasteiger charge is -2.13. The van der Waals surface area contributed by atoms with E-state index >= 15 is 0 Å². The molecule has 3 aromatic rings. The van der Waals surface area contributed by atoms with Crippen molar-refractivity contribution in [3.05, 3.63) is 70.5 Å². The predicted octanol–water partition coefficient (Wildman–Crippen LogP) is 5.35. The van der Waals surface area contributed by atoms with E-state index in [1.54, 1.807) is 0 Å². The first-order valence-electron chi connectivity index (χ1n) is 9.47. The highest BCUT2D eigenvalue weighted by molar-refractivity contribution is 6.09. The van der Waals surface area contributed by atoms with Crippen LogP contribution in [0, 0.1) is 5.92 Å². The molecule has 26 heavy (non-hydrogen) atoms. The van der Waals surface area contributed by atoms with Crippen molar-refractivity contribution >= 4 is 16.7 Å². The van der Waals surface area contributed by atoms with Gasteiger partial charge in [-0.3, -0.25) is 9.59 Å². The van der Waals surface area contributed by atoms with E-state index in [4.69, 9.17) is 0 Å². The summed E-state index contributed by atoms with van der Waals surface area (Å²) in [6.07, 6.45) is 6.31. The van der Waals surface area contributed by atoms with E-state index in [1.807, 2.05) is 54.6 Å². The van der Waals surface area contributed by atoms with Crippen molar-refractivity contribution < 1.29 is 4.79 Å². The number of H-pyrrole nitrogens is 1. The smallest absolute Gasteiger partial charge is 0.259 e. The Morgan fingerprint density at radius 3 is 2.42 bits per heavy atom. The Bertz CT molecular complexity index is 982. The third-order valence-corrected chi connectivity index (χ3v) is 5.52. The fraction of sp³-hybridized carbons (Fsp3) is 0.304. The summed E-state index contributed by atoms with van der Waals surface area (Å²) in [6, 6.07) is 17.5. The van der Waals surface area contributed by atoms with Gasteiger partial charge in [0.2, 0.25) is 0 Å². The Hall–Kier alpha value is -2.68. The van der Waals surface area contributed by atoms with Crippen molar-refractivity contribution in [3.63, 3.8) is 0 Å². The minimum Gasteiger partial charge on any atom is -0.321 e. The quantitative estimate of drug-likeness (QED) is 0.634. The molecule has 3 heteroatoms. The van der Waals surface area contributed by atoms with Gasteiger partial charge >= 0.3 is 0 Å². The summed E-state index contributed by atoms with van der Waals surface area (Å²) < 4.78 is 0. The topological polar surface area (TPSA) is 49.9 Å². The number of hydrogen-bond donors (Lipinski definition) is 1. The zero-order chi connectivity index (χ0) is 17.9. The molecule has 0 atom stereocenters. The normalized spacial score (nSPS) is 14.8. The maximum Gasteiger partial charge on any atom is 0.259 e. The molecule has 0 bridgehead atoms. The number of para-hydroxylation sites is 1. The lowest BCUT2D eigenvalue weighted by atomic mass is 9.91. The molecule has 1 heterocycles. The molecule has 1 aliphatic carbocycles. The summed E-state index contributed by atoms with van der Waals surface area (Å²) in [5.41, 5.74) is 2.48. The molecule has 3 nitrogen and oxygen atoms in total. The molecule has 0 spiro atoms. The number of benzene rings is 2. The van der Waals surface area contributed by atoms with E-state index in [0.29, 0.717) is 17.9 Å². The molecule has 0 saturated heterocycles. The Balaban J connectivity index is 1.81. The van der Waals surface area contributed by atoms with Crippen LogP contribution in [0.15, 0.2) is 59.4 Å². The van der Waals surface area contributed by atoms with Gasteiger partial charge in [0, 0.05) is 22.9 Å². The van der Waals surface area contributed by atoms with Gasteiger partial charge in [-0.25, -0.2) is 0 Å². The fourth-order valence-electron chi connectivity index (χ4n) is 4.17. The third kappa shape index (κ3) is 3.22. The second-order valence-electron chi connectivity index (χ2n) is 7.23. The maximum atomic E-state index is 13.0. The second-order valence-corrected chi connectivity index (χ2v) is 7.23. The summed E-state index contributed by atoms with van der Waals surface area (Å²) in [5, 5.41) is 0.919. The molecular weight excluding hydrogens is 322 g/mol. The first-order chi connectivity index (χ1) is 12.7. The highest BCUT2D eigenvalue weighted by Crippen LogP contribution is 2.32. The first-order valence-corrected chi connectivity index (χ1v) is 9.47. The molecular formula is C23H23NO2. The number of carbonyl (C=O) groups is 1. The standard InChI is InChI=1S/C23H23NO2/c25-20(15-14-16-8-4-5-9-16)22-21(17-10-2-1-3-11-17)18-12-6-7-13-19(18)24-23(22)26/h1-3,6-7,10-13,16H,4-5,8-9,14-15H2,(H,24,26). The summed E-state index contributed by atoms with van der Waals surface area (Å²) in [5.74, 6) is 0.599. The number of nitrogens with one attached hydrogen (secondary N) is 1. The number of aromatic nitrogens is 1. The molecule has 0 unspecified atom stereocenters. The van der Waals surface area contributed by atoms with Crippen LogP contribution in [0.1, 0.15) is 48.9 Å². The Morgan fingerprint density at radius 2 is 1.65 bits per heavy atom. The van der Waals surface area contributed by atoms with Gasteiger partial charge < -0.3 is 4.98 Å². The van der Waals surface area contributed by atoms with Crippen LogP contribution in [0.3, 0.4) is 0 Å². The van der Waals surface area contributed by atoms with Gasteiger partial charge in [0.1, 0.15) is 0 Å². The van der Waals surface area contributed by atoms with Crippen molar-refractivity contribution in [3.8, 4) is 11.1 Å². The number of fused-ring (bicyclic) bond motifs is 1. The van der Waals surface area contributed by atoms with Crippen LogP contribution in [0.25, 0.3) is 22.0 Å². The molecule has 1 N–H and O–H groups in total. The van der Waals surface area contributed by atoms with E-state index in [-0.39, 0.29) is 11.3 Å². The van der Waals surface area contributed by atoms with Gasteiger partial charge in [-0.05, 0) is 24.0 Å². The molecule has 1 aliphatic rings. The van der Waals surface area contributed by atoms with E-state index in [2.05, 4.69) is 4.98 Å². The number of ketones is 1. The van der Waals surface area contributed by atoms with Crippen LogP contribution in [0.4, 0.5) is 0 Å². The van der Waals surface area contributed by atoms with Crippen molar-refractivity contribution in [1.82, 2.24) is 4.98 Å². The third-order valence-electron chi connectivity index (χ3n) is 5.52. The maximum absolute atomic E-state index is 13.0. The van der Waals surface area contributed by atoms with Gasteiger partial charge in [0.15, 0.2) is 5.78 Å². The molecule has 2 aromatic carbocycles. The van der Waals surface area contributed by atoms with Gasteiger partial charge in [-0.1, -0.05) is 74.2 Å². The number of hydrogen-bond acceptors (Lipinski definition) is 2. The van der Waals surface area contributed by atoms with Crippen molar-refractivity contribution in [2.45, 2.75) is 38.5 Å². The SMILES string of the molecule is O=C(CCC1CCCC1)c1c(-c2ccccc2)c2ccccc2[nH]c1=O. The van der Waals surface area contributed by atoms with Crippen LogP contribution >= 0.6 is 0 Å². The van der Waals surface area contributed by atoms with Crippen LogP contribution in [-0.4, -0.2) is 10.8 Å². The van der Waals surface area contributed by atoms with Gasteiger partial charge in [-0.2, -0.15) is 0 Å². The highest BCUT2D eigenvalue weighted by Gasteiger charge is 2.22. The number of rotatable bonds is 5. The summed E-state index contributed by atoms with van der Waals surface area (Å²) in [6.45, 7) is 0. The van der Waals surface area contributed by atoms with E-state index < -0.39 is 0 Å². The second kappa shape index (κ2) is 7.28. The summed E-state index contributed by atoms with van der Waals surface area (Å²) in [4.78, 5) is 28.7. The number of Topliss-reactive ketones (excluding diaryl/α,β-unsaturated/α-hetero) is 1. The Morgan fingerprint density at radius 1 is 0.962 bits per heavy atom. The highest BCUT2D eigenvalue weighted by atomic mass is 16.1. The molecule has 132 valence electrons. The fourth-order valence-corrected chi connectivity index (χ4v) is 4.17. The van der Waals surface area contributed by atoms with Gasteiger partial charge in [0.05, 0.1) is 5.56 Å². The van der Waals surface area contributed by atoms with Crippen LogP contribution < -0.4 is 5.56 Å². The van der Waals surface area contributed by atoms with E-state index in [9.17, 15) is 9.59 Å². The lowest BCUT2D eigenvalue weighted by molar-refractivity contribution is 0.0973. The number of carbonyl (C=O) groups excluding carboxylic acids is 1. The molecule has 0 radical (unpaired) electrons. The monoisotopic (exact) mass is 345 g/mol. The number of aromatic amines is 1. The van der Waals surface area contributed by atoms with Crippen molar-refractivity contribution in [1.29, 1.82) is 0 Å². The van der Waals surface area contributed by atoms with Gasteiger partial charge in [0.25, 0.3) is 5.56 Å². The number of pyridine rings is 1. The predicted molar refractivity (Wildman–Crippen MR) is 106 cm³/mol. The molecule has 4 rings (SSSR count). The van der Waals surface area contributed by atoms with Crippen LogP contribution in [-0.2, 0) is 0 Å². The average Bonchev–Trinajstić information content (AvgIpc) is 3.19. The van der Waals surface area contributed by atoms with Crippen molar-refractivity contribution in [2.24, 2.45) is 5.92 Å². The van der Waals surface area contributed by atoms with Crippen molar-refractivity contribution in [2.75, 3.05) is 0 Å². The lowest BCUT2D eigenvalue weighted by Crippen LogP contribution is -2.20. The molecule has 1 saturated carbocycles. The largest absolute Gasteiger partial charge is 0.321 e. The van der Waals surface area contributed by atoms with E-state index in [1.165, 1.54) is 25.7 Å². The van der Waals surface area contributed by atoms with Crippen LogP contribution in [0.2, 0.25) is 0 Å². The molecule has 1 fully saturated rings. The van der Waals surface area contributed by atoms with E-state index in [0.717, 1.165) is 28.5 Å². The zero-order valence-electron chi connectivity index (χ0n) is 14.8. The average molecular weight is 345 g/mol. The van der Waals surface area contributed by atoms with Crippen LogP contribution in [0.5, 0.6) is 0 Å². The van der Waals surface area contributed by atoms with Gasteiger partial charge in [-0.15, -0.1) is 0 Å². The molecule has 0 amide bonds. The minimum absolute atomic E-state index is 0.0391. The summed E-state index contributed by atoms with van der Waals surface area (Å²) >= 11 is 0.